The molecule has 0 aromatic heterocycles. The van der Waals surface area contributed by atoms with Gasteiger partial charge in [0, 0.05) is 18.5 Å². The van der Waals surface area contributed by atoms with Gasteiger partial charge in [-0.15, -0.1) is 0 Å². The Morgan fingerprint density at radius 3 is 2.67 bits per heavy atom. The third kappa shape index (κ3) is 3.19. The fraction of sp³-hybridized carbons (Fsp3) is 0.500. The maximum atomic E-state index is 10.5. The second kappa shape index (κ2) is 4.44. The molecule has 0 spiro atoms. The van der Waals surface area contributed by atoms with Crippen LogP contribution in [-0.2, 0) is 8.98 Å². The van der Waals surface area contributed by atoms with Gasteiger partial charge in [-0.25, -0.2) is 4.79 Å². The van der Waals surface area contributed by atoms with Crippen LogP contribution in [0.3, 0.4) is 0 Å². The van der Waals surface area contributed by atoms with Crippen LogP contribution in [0.2, 0.25) is 0 Å². The molecular weight excluding hydrogens is 136 g/mol. The van der Waals surface area contributed by atoms with Gasteiger partial charge in [-0.1, -0.05) is 19.9 Å². The Kier molecular flexibility index (Phi) is 4.22. The Hall–Kier alpha value is -0.440. The van der Waals surface area contributed by atoms with Gasteiger partial charge in [0.15, 0.2) is 0 Å². The van der Waals surface area contributed by atoms with Crippen LogP contribution in [0.1, 0.15) is 19.8 Å². The molecule has 0 N–H and O–H groups in total. The second-order valence-corrected chi connectivity index (χ2v) is 1.91. The summed E-state index contributed by atoms with van der Waals surface area (Å²) in [5, 5.41) is 0. The smallest absolute Gasteiger partial charge is 0.345 e. The molecule has 52 valence electrons. The third-order valence-electron chi connectivity index (χ3n) is 0.923. The van der Waals surface area contributed by atoms with Gasteiger partial charge in [0.05, 0.1) is 0 Å². The lowest BCUT2D eigenvalue weighted by Crippen LogP contribution is -1.99. The molecule has 0 radical (unpaired) electrons. The highest BCUT2D eigenvalue weighted by atomic mass is 32.1. The van der Waals surface area contributed by atoms with E-state index in [9.17, 15) is 4.79 Å². The Morgan fingerprint density at radius 2 is 2.33 bits per heavy atom. The van der Waals surface area contributed by atoms with E-state index < -0.39 is 5.97 Å². The summed E-state index contributed by atoms with van der Waals surface area (Å²) in [5.74, 6) is -0.430. The first-order valence-electron chi connectivity index (χ1n) is 2.76. The predicted molar refractivity (Wildman–Crippen MR) is 39.1 cm³/mol. The molecule has 0 amide bonds. The van der Waals surface area contributed by atoms with E-state index in [0.29, 0.717) is 12.0 Å². The van der Waals surface area contributed by atoms with Crippen molar-refractivity contribution in [2.75, 3.05) is 0 Å². The van der Waals surface area contributed by atoms with E-state index in [4.69, 9.17) is 0 Å². The van der Waals surface area contributed by atoms with Crippen molar-refractivity contribution in [2.45, 2.75) is 19.8 Å². The van der Waals surface area contributed by atoms with Gasteiger partial charge in [0.1, 0.15) is 0 Å². The topological polar surface area (TPSA) is 26.3 Å². The molecule has 0 unspecified atom stereocenters. The minimum atomic E-state index is -0.430. The summed E-state index contributed by atoms with van der Waals surface area (Å²) in [6, 6.07) is 0. The number of rotatable bonds is 3. The van der Waals surface area contributed by atoms with Gasteiger partial charge >= 0.3 is 5.97 Å². The SMILES string of the molecule is C=C(CCC)C(=O)OS. The molecule has 0 aliphatic heterocycles. The van der Waals surface area contributed by atoms with Crippen LogP contribution in [0, 0.1) is 0 Å². The summed E-state index contributed by atoms with van der Waals surface area (Å²) < 4.78 is 4.12. The highest BCUT2D eigenvalue weighted by Gasteiger charge is 2.03. The zero-order chi connectivity index (χ0) is 7.28. The van der Waals surface area contributed by atoms with Crippen molar-refractivity contribution >= 4 is 18.9 Å². The fourth-order valence-electron chi connectivity index (χ4n) is 0.468. The van der Waals surface area contributed by atoms with E-state index in [1.165, 1.54) is 0 Å². The molecule has 0 fully saturated rings. The predicted octanol–water partition coefficient (Wildman–Crippen LogP) is 1.73. The molecule has 0 heterocycles. The zero-order valence-electron chi connectivity index (χ0n) is 5.39. The molecule has 0 bridgehead atoms. The lowest BCUT2D eigenvalue weighted by atomic mass is 10.2. The van der Waals surface area contributed by atoms with Gasteiger partial charge in [-0.3, -0.25) is 0 Å². The van der Waals surface area contributed by atoms with Crippen molar-refractivity contribution in [1.29, 1.82) is 0 Å². The minimum Gasteiger partial charge on any atom is -0.391 e. The first-order chi connectivity index (χ1) is 4.22. The Balaban J connectivity index is 3.60. The average Bonchev–Trinajstić information content (AvgIpc) is 1.87. The summed E-state index contributed by atoms with van der Waals surface area (Å²) in [6.45, 7) is 5.46. The zero-order valence-corrected chi connectivity index (χ0v) is 6.28. The molecule has 0 saturated heterocycles. The second-order valence-electron chi connectivity index (χ2n) is 1.73. The summed E-state index contributed by atoms with van der Waals surface area (Å²) >= 11 is 3.34. The fourth-order valence-corrected chi connectivity index (χ4v) is 0.597. The van der Waals surface area contributed by atoms with E-state index in [0.717, 1.165) is 6.42 Å². The molecule has 3 heteroatoms. The maximum absolute atomic E-state index is 10.5. The van der Waals surface area contributed by atoms with Gasteiger partial charge in [-0.2, -0.15) is 0 Å². The summed E-state index contributed by atoms with van der Waals surface area (Å²) in [6.07, 6.45) is 1.58. The standard InChI is InChI=1S/C6H10O2S/c1-3-4-5(2)6(7)8-9/h9H,2-4H2,1H3. The molecule has 0 aromatic rings. The van der Waals surface area contributed by atoms with Gasteiger partial charge in [0.25, 0.3) is 0 Å². The average molecular weight is 146 g/mol. The van der Waals surface area contributed by atoms with Crippen molar-refractivity contribution in [2.24, 2.45) is 0 Å². The first kappa shape index (κ1) is 8.56. The Bertz CT molecular complexity index is 120. The summed E-state index contributed by atoms with van der Waals surface area (Å²) in [7, 11) is 0. The molecule has 0 atom stereocenters. The van der Waals surface area contributed by atoms with Crippen LogP contribution < -0.4 is 0 Å². The van der Waals surface area contributed by atoms with Gasteiger partial charge < -0.3 is 4.18 Å². The highest BCUT2D eigenvalue weighted by molar-refractivity contribution is 7.75. The summed E-state index contributed by atoms with van der Waals surface area (Å²) in [4.78, 5) is 10.5. The van der Waals surface area contributed by atoms with Crippen molar-refractivity contribution in [3.8, 4) is 0 Å². The first-order valence-corrected chi connectivity index (χ1v) is 3.12. The van der Waals surface area contributed by atoms with E-state index in [1.807, 2.05) is 6.92 Å². The van der Waals surface area contributed by atoms with Crippen LogP contribution in [0.5, 0.6) is 0 Å². The summed E-state index contributed by atoms with van der Waals surface area (Å²) in [5.41, 5.74) is 0.479. The van der Waals surface area contributed by atoms with Crippen molar-refractivity contribution < 1.29 is 8.98 Å². The van der Waals surface area contributed by atoms with Crippen LogP contribution in [0.4, 0.5) is 0 Å². The molecule has 0 aliphatic carbocycles. The van der Waals surface area contributed by atoms with Crippen molar-refractivity contribution in [1.82, 2.24) is 0 Å². The minimum absolute atomic E-state index is 0.430. The molecule has 0 aromatic carbocycles. The molecule has 2 nitrogen and oxygen atoms in total. The maximum Gasteiger partial charge on any atom is 0.345 e. The van der Waals surface area contributed by atoms with Gasteiger partial charge in [-0.05, 0) is 6.42 Å². The molecular formula is C6H10O2S. The quantitative estimate of drug-likeness (QED) is 0.373. The van der Waals surface area contributed by atoms with Crippen LogP contribution in [0.15, 0.2) is 12.2 Å². The van der Waals surface area contributed by atoms with Crippen LogP contribution in [-0.4, -0.2) is 5.97 Å². The monoisotopic (exact) mass is 146 g/mol. The normalized spacial score (nSPS) is 8.67. The number of carbonyl (C=O) groups is 1. The van der Waals surface area contributed by atoms with E-state index in [1.54, 1.807) is 0 Å². The third-order valence-corrected chi connectivity index (χ3v) is 1.09. The van der Waals surface area contributed by atoms with E-state index in [2.05, 4.69) is 23.7 Å². The van der Waals surface area contributed by atoms with Gasteiger partial charge in [0.2, 0.25) is 0 Å². The number of hydrogen-bond acceptors (Lipinski definition) is 3. The van der Waals surface area contributed by atoms with Crippen LogP contribution in [0.25, 0.3) is 0 Å². The van der Waals surface area contributed by atoms with Crippen LogP contribution >= 0.6 is 12.9 Å². The largest absolute Gasteiger partial charge is 0.391 e. The van der Waals surface area contributed by atoms with Crippen molar-refractivity contribution in [3.05, 3.63) is 12.2 Å². The number of hydrogen-bond donors (Lipinski definition) is 1. The highest BCUT2D eigenvalue weighted by Crippen LogP contribution is 2.04. The number of thiol groups is 1. The Morgan fingerprint density at radius 1 is 1.78 bits per heavy atom. The lowest BCUT2D eigenvalue weighted by molar-refractivity contribution is -0.128. The van der Waals surface area contributed by atoms with Crippen molar-refractivity contribution in [3.63, 3.8) is 0 Å². The molecule has 0 saturated carbocycles. The molecule has 0 aliphatic rings. The van der Waals surface area contributed by atoms with E-state index >= 15 is 0 Å². The molecule has 0 rings (SSSR count). The molecule has 9 heavy (non-hydrogen) atoms. The number of carbonyl (C=O) groups excluding carboxylic acids is 1. The van der Waals surface area contributed by atoms with E-state index in [-0.39, 0.29) is 0 Å². The Labute approximate surface area is 60.5 Å². The lowest BCUT2D eigenvalue weighted by Gasteiger charge is -1.97.